The van der Waals surface area contributed by atoms with Crippen LogP contribution in [-0.2, 0) is 4.74 Å². The maximum absolute atomic E-state index is 5.44. The SMILES string of the molecule is CCNC(=NCC(C)CN1CCOCC1)NC1CCN(c2ccccn2)CC1.I. The third-order valence-corrected chi connectivity index (χ3v) is 5.39. The molecule has 164 valence electrons. The van der Waals surface area contributed by atoms with Gasteiger partial charge in [0, 0.05) is 58.1 Å². The fourth-order valence-electron chi connectivity index (χ4n) is 3.84. The highest BCUT2D eigenvalue weighted by atomic mass is 127. The molecule has 0 amide bonds. The van der Waals surface area contributed by atoms with Crippen molar-refractivity contribution in [3.8, 4) is 0 Å². The zero-order chi connectivity index (χ0) is 19.6. The fraction of sp³-hybridized carbons (Fsp3) is 0.714. The minimum Gasteiger partial charge on any atom is -0.379 e. The number of ether oxygens (including phenoxy) is 1. The maximum Gasteiger partial charge on any atom is 0.191 e. The van der Waals surface area contributed by atoms with E-state index >= 15 is 0 Å². The fourth-order valence-corrected chi connectivity index (χ4v) is 3.84. The number of anilines is 1. The number of nitrogens with zero attached hydrogens (tertiary/aromatic N) is 4. The van der Waals surface area contributed by atoms with E-state index in [0.717, 1.165) is 83.6 Å². The van der Waals surface area contributed by atoms with E-state index in [9.17, 15) is 0 Å². The summed E-state index contributed by atoms with van der Waals surface area (Å²) in [5.41, 5.74) is 0. The van der Waals surface area contributed by atoms with Gasteiger partial charge in [0.25, 0.3) is 0 Å². The molecule has 1 atom stereocenters. The van der Waals surface area contributed by atoms with E-state index in [1.54, 1.807) is 0 Å². The average molecular weight is 516 g/mol. The van der Waals surface area contributed by atoms with Crippen molar-refractivity contribution < 1.29 is 4.74 Å². The van der Waals surface area contributed by atoms with Crippen LogP contribution >= 0.6 is 24.0 Å². The summed E-state index contributed by atoms with van der Waals surface area (Å²) in [6.45, 7) is 13.1. The van der Waals surface area contributed by atoms with Crippen LogP contribution in [0.25, 0.3) is 0 Å². The summed E-state index contributed by atoms with van der Waals surface area (Å²) in [6.07, 6.45) is 4.07. The lowest BCUT2D eigenvalue weighted by atomic mass is 10.1. The zero-order valence-corrected chi connectivity index (χ0v) is 20.2. The predicted molar refractivity (Wildman–Crippen MR) is 130 cm³/mol. The van der Waals surface area contributed by atoms with E-state index in [0.29, 0.717) is 12.0 Å². The Morgan fingerprint density at radius 3 is 2.66 bits per heavy atom. The molecule has 0 spiro atoms. The second kappa shape index (κ2) is 13.2. The van der Waals surface area contributed by atoms with Gasteiger partial charge in [0.05, 0.1) is 13.2 Å². The molecule has 0 bridgehead atoms. The molecule has 2 aliphatic heterocycles. The molecule has 3 rings (SSSR count). The van der Waals surface area contributed by atoms with Gasteiger partial charge in [-0.15, -0.1) is 24.0 Å². The number of hydrogen-bond acceptors (Lipinski definition) is 5. The smallest absolute Gasteiger partial charge is 0.191 e. The number of aliphatic imine (C=N–C) groups is 1. The van der Waals surface area contributed by atoms with Gasteiger partial charge in [0.1, 0.15) is 5.82 Å². The van der Waals surface area contributed by atoms with Crippen LogP contribution in [0.4, 0.5) is 5.82 Å². The largest absolute Gasteiger partial charge is 0.379 e. The van der Waals surface area contributed by atoms with Gasteiger partial charge in [-0.2, -0.15) is 0 Å². The number of rotatable bonds is 7. The molecule has 1 aromatic heterocycles. The number of pyridine rings is 1. The van der Waals surface area contributed by atoms with Gasteiger partial charge in [0.2, 0.25) is 0 Å². The quantitative estimate of drug-likeness (QED) is 0.329. The summed E-state index contributed by atoms with van der Waals surface area (Å²) in [6, 6.07) is 6.58. The summed E-state index contributed by atoms with van der Waals surface area (Å²) in [5.74, 6) is 2.57. The molecule has 0 radical (unpaired) electrons. The Morgan fingerprint density at radius 2 is 2.00 bits per heavy atom. The number of piperidine rings is 1. The minimum atomic E-state index is 0. The first-order valence-electron chi connectivity index (χ1n) is 10.8. The second-order valence-corrected chi connectivity index (χ2v) is 7.83. The average Bonchev–Trinajstić information content (AvgIpc) is 2.74. The first-order valence-corrected chi connectivity index (χ1v) is 10.8. The molecular weight excluding hydrogens is 479 g/mol. The second-order valence-electron chi connectivity index (χ2n) is 7.83. The van der Waals surface area contributed by atoms with E-state index in [1.807, 2.05) is 12.3 Å². The predicted octanol–water partition coefficient (Wildman–Crippen LogP) is 2.19. The van der Waals surface area contributed by atoms with Gasteiger partial charge in [-0.25, -0.2) is 4.98 Å². The van der Waals surface area contributed by atoms with Crippen molar-refractivity contribution >= 4 is 35.8 Å². The number of hydrogen-bond donors (Lipinski definition) is 2. The molecule has 8 heteroatoms. The maximum atomic E-state index is 5.44. The van der Waals surface area contributed by atoms with Gasteiger partial charge in [0.15, 0.2) is 5.96 Å². The van der Waals surface area contributed by atoms with Crippen LogP contribution in [0.15, 0.2) is 29.4 Å². The van der Waals surface area contributed by atoms with Crippen LogP contribution in [0, 0.1) is 5.92 Å². The highest BCUT2D eigenvalue weighted by Crippen LogP contribution is 2.17. The third kappa shape index (κ3) is 8.25. The Balaban J connectivity index is 0.00000300. The Bertz CT molecular complexity index is 588. The van der Waals surface area contributed by atoms with Crippen LogP contribution in [0.1, 0.15) is 26.7 Å². The van der Waals surface area contributed by atoms with Crippen LogP contribution < -0.4 is 15.5 Å². The summed E-state index contributed by atoms with van der Waals surface area (Å²) in [7, 11) is 0. The molecule has 0 aliphatic carbocycles. The molecule has 2 N–H and O–H groups in total. The normalized spacial score (nSPS) is 20.1. The molecule has 1 aromatic rings. The molecule has 0 aromatic carbocycles. The Kier molecular flexibility index (Phi) is 11.0. The van der Waals surface area contributed by atoms with E-state index < -0.39 is 0 Å². The lowest BCUT2D eigenvalue weighted by Gasteiger charge is -2.34. The topological polar surface area (TPSA) is 65.0 Å². The first-order chi connectivity index (χ1) is 13.7. The number of morpholine rings is 1. The van der Waals surface area contributed by atoms with Crippen molar-refractivity contribution in [1.82, 2.24) is 20.5 Å². The van der Waals surface area contributed by atoms with Crippen molar-refractivity contribution in [2.24, 2.45) is 10.9 Å². The van der Waals surface area contributed by atoms with Crippen LogP contribution in [0.5, 0.6) is 0 Å². The lowest BCUT2D eigenvalue weighted by Crippen LogP contribution is -2.49. The van der Waals surface area contributed by atoms with Crippen molar-refractivity contribution in [3.05, 3.63) is 24.4 Å². The van der Waals surface area contributed by atoms with E-state index in [4.69, 9.17) is 9.73 Å². The molecule has 2 fully saturated rings. The summed E-state index contributed by atoms with van der Waals surface area (Å²) < 4.78 is 5.44. The third-order valence-electron chi connectivity index (χ3n) is 5.39. The van der Waals surface area contributed by atoms with Gasteiger partial charge >= 0.3 is 0 Å². The number of halogens is 1. The van der Waals surface area contributed by atoms with Crippen molar-refractivity contribution in [1.29, 1.82) is 0 Å². The summed E-state index contributed by atoms with van der Waals surface area (Å²) in [4.78, 5) is 14.2. The Labute approximate surface area is 192 Å². The molecule has 29 heavy (non-hydrogen) atoms. The Morgan fingerprint density at radius 1 is 1.24 bits per heavy atom. The summed E-state index contributed by atoms with van der Waals surface area (Å²) in [5, 5.41) is 7.06. The highest BCUT2D eigenvalue weighted by molar-refractivity contribution is 14.0. The standard InChI is InChI=1S/C21H36N6O.HI/c1-3-22-21(24-16-18(2)17-26-12-14-28-15-13-26)25-19-7-10-27(11-8-19)20-6-4-5-9-23-20;/h4-6,9,18-19H,3,7-8,10-17H2,1-2H3,(H2,22,24,25);1H. The van der Waals surface area contributed by atoms with Gasteiger partial charge < -0.3 is 20.3 Å². The summed E-state index contributed by atoms with van der Waals surface area (Å²) >= 11 is 0. The molecule has 2 aliphatic rings. The number of nitrogens with one attached hydrogen (secondary N) is 2. The van der Waals surface area contributed by atoms with Gasteiger partial charge in [-0.05, 0) is 37.8 Å². The highest BCUT2D eigenvalue weighted by Gasteiger charge is 2.21. The monoisotopic (exact) mass is 516 g/mol. The van der Waals surface area contributed by atoms with Crippen LogP contribution in [-0.4, -0.2) is 80.9 Å². The van der Waals surface area contributed by atoms with Crippen LogP contribution in [0.2, 0.25) is 0 Å². The molecular formula is C21H37IN6O. The van der Waals surface area contributed by atoms with E-state index in [2.05, 4.69) is 51.4 Å². The Hall–Kier alpha value is -1.13. The minimum absolute atomic E-state index is 0. The van der Waals surface area contributed by atoms with E-state index in [-0.39, 0.29) is 24.0 Å². The number of aromatic nitrogens is 1. The van der Waals surface area contributed by atoms with Crippen molar-refractivity contribution in [2.45, 2.75) is 32.7 Å². The van der Waals surface area contributed by atoms with Crippen molar-refractivity contribution in [3.63, 3.8) is 0 Å². The first kappa shape index (κ1) is 24.1. The molecule has 0 saturated carbocycles. The van der Waals surface area contributed by atoms with Gasteiger partial charge in [-0.3, -0.25) is 9.89 Å². The number of guanidine groups is 1. The van der Waals surface area contributed by atoms with Crippen molar-refractivity contribution in [2.75, 3.05) is 63.9 Å². The lowest BCUT2D eigenvalue weighted by molar-refractivity contribution is 0.0323. The van der Waals surface area contributed by atoms with Crippen LogP contribution in [0.3, 0.4) is 0 Å². The van der Waals surface area contributed by atoms with Gasteiger partial charge in [-0.1, -0.05) is 13.0 Å². The molecule has 1 unspecified atom stereocenters. The molecule has 2 saturated heterocycles. The molecule has 3 heterocycles. The zero-order valence-electron chi connectivity index (χ0n) is 17.8. The van der Waals surface area contributed by atoms with E-state index in [1.165, 1.54) is 0 Å². The molecule has 7 nitrogen and oxygen atoms in total.